The summed E-state index contributed by atoms with van der Waals surface area (Å²) in [6.45, 7) is 1.60. The molecule has 4 amide bonds. The highest BCUT2D eigenvalue weighted by Gasteiger charge is 2.54. The molecule has 4 rings (SSSR count). The molecule has 2 N–H and O–H groups in total. The van der Waals surface area contributed by atoms with E-state index in [4.69, 9.17) is 0 Å². The van der Waals surface area contributed by atoms with Crippen LogP contribution >= 0.6 is 15.9 Å². The summed E-state index contributed by atoms with van der Waals surface area (Å²) in [5.74, 6) is -0.766. The van der Waals surface area contributed by atoms with E-state index in [1.807, 2.05) is 43.3 Å². The molecule has 1 fully saturated rings. The fourth-order valence-electron chi connectivity index (χ4n) is 4.02. The van der Waals surface area contributed by atoms with Crippen LogP contribution in [0.2, 0.25) is 0 Å². The Hall–Kier alpha value is -2.67. The van der Waals surface area contributed by atoms with Crippen molar-refractivity contribution in [2.45, 2.75) is 31.7 Å². The minimum atomic E-state index is -1.06. The van der Waals surface area contributed by atoms with Gasteiger partial charge >= 0.3 is 6.03 Å². The number of carbonyl (C=O) groups is 3. The maximum atomic E-state index is 13.2. The second-order valence-corrected chi connectivity index (χ2v) is 8.10. The van der Waals surface area contributed by atoms with Gasteiger partial charge in [0.1, 0.15) is 12.1 Å². The van der Waals surface area contributed by atoms with Gasteiger partial charge in [0.15, 0.2) is 0 Å². The second-order valence-electron chi connectivity index (χ2n) is 7.25. The molecule has 1 heterocycles. The van der Waals surface area contributed by atoms with Crippen molar-refractivity contribution in [3.8, 4) is 0 Å². The molecule has 0 aromatic heterocycles. The smallest absolute Gasteiger partial charge is 0.325 e. The Morgan fingerprint density at radius 3 is 2.82 bits per heavy atom. The topological polar surface area (TPSA) is 78.5 Å². The number of rotatable bonds is 3. The number of carbonyl (C=O) groups excluding carboxylic acids is 3. The predicted molar refractivity (Wildman–Crippen MR) is 109 cm³/mol. The number of amides is 4. The lowest BCUT2D eigenvalue weighted by Gasteiger charge is -2.33. The molecule has 0 radical (unpaired) electrons. The summed E-state index contributed by atoms with van der Waals surface area (Å²) < 4.78 is 0.942. The van der Waals surface area contributed by atoms with Crippen LogP contribution in [0.15, 0.2) is 46.9 Å². The molecule has 1 spiro atoms. The van der Waals surface area contributed by atoms with Crippen LogP contribution in [0, 0.1) is 6.92 Å². The third kappa shape index (κ3) is 3.09. The lowest BCUT2D eigenvalue weighted by molar-refractivity contribution is -0.134. The Kier molecular flexibility index (Phi) is 4.71. The van der Waals surface area contributed by atoms with Crippen molar-refractivity contribution in [3.63, 3.8) is 0 Å². The van der Waals surface area contributed by atoms with Gasteiger partial charge in [0.05, 0.1) is 0 Å². The first kappa shape index (κ1) is 18.7. The van der Waals surface area contributed by atoms with Crippen molar-refractivity contribution in [2.24, 2.45) is 0 Å². The summed E-state index contributed by atoms with van der Waals surface area (Å²) in [6.07, 6.45) is 2.23. The van der Waals surface area contributed by atoms with Crippen LogP contribution in [0.25, 0.3) is 0 Å². The first-order valence-electron chi connectivity index (χ1n) is 9.19. The number of hydrogen-bond donors (Lipinski definition) is 2. The first-order chi connectivity index (χ1) is 13.4. The minimum absolute atomic E-state index is 0.316. The Bertz CT molecular complexity index is 991. The Morgan fingerprint density at radius 2 is 2.04 bits per heavy atom. The zero-order chi connectivity index (χ0) is 19.9. The van der Waals surface area contributed by atoms with Crippen LogP contribution < -0.4 is 10.6 Å². The SMILES string of the molecule is Cc1cc(NC(=O)CN2C(=O)N[C@]3(CCCc4ccccc43)C2=O)ccc1Br. The molecule has 144 valence electrons. The van der Waals surface area contributed by atoms with Gasteiger partial charge in [-0.1, -0.05) is 40.2 Å². The van der Waals surface area contributed by atoms with Gasteiger partial charge in [-0.25, -0.2) is 4.79 Å². The molecular formula is C21H20BrN3O3. The van der Waals surface area contributed by atoms with E-state index < -0.39 is 17.5 Å². The molecule has 2 aromatic carbocycles. The van der Waals surface area contributed by atoms with Crippen LogP contribution in [0.3, 0.4) is 0 Å². The van der Waals surface area contributed by atoms with Gasteiger partial charge in [-0.15, -0.1) is 0 Å². The maximum absolute atomic E-state index is 13.2. The van der Waals surface area contributed by atoms with Crippen molar-refractivity contribution in [1.82, 2.24) is 10.2 Å². The van der Waals surface area contributed by atoms with E-state index >= 15 is 0 Å². The van der Waals surface area contributed by atoms with Gasteiger partial charge in [0, 0.05) is 10.2 Å². The standard InChI is InChI=1S/C21H20BrN3O3/c1-13-11-15(8-9-17(13)22)23-18(26)12-25-19(27)21(24-20(25)28)10-4-6-14-5-2-3-7-16(14)21/h2-3,5,7-9,11H,4,6,10,12H2,1H3,(H,23,26)(H,24,28)/t21-/m0/s1. The normalized spacial score (nSPS) is 20.9. The van der Waals surface area contributed by atoms with E-state index in [1.165, 1.54) is 0 Å². The summed E-state index contributed by atoms with van der Waals surface area (Å²) in [7, 11) is 0. The largest absolute Gasteiger partial charge is 0.325 e. The number of aryl methyl sites for hydroxylation is 2. The quantitative estimate of drug-likeness (QED) is 0.715. The zero-order valence-corrected chi connectivity index (χ0v) is 17.0. The molecule has 2 aliphatic rings. The number of fused-ring (bicyclic) bond motifs is 2. The van der Waals surface area contributed by atoms with Gasteiger partial charge in [0.2, 0.25) is 5.91 Å². The number of imide groups is 1. The van der Waals surface area contributed by atoms with Gasteiger partial charge < -0.3 is 10.6 Å². The number of benzene rings is 2. The molecule has 0 unspecified atom stereocenters. The number of urea groups is 1. The third-order valence-corrected chi connectivity index (χ3v) is 6.28. The average molecular weight is 442 g/mol. The van der Waals surface area contributed by atoms with Crippen molar-refractivity contribution in [3.05, 3.63) is 63.6 Å². The zero-order valence-electron chi connectivity index (χ0n) is 15.4. The minimum Gasteiger partial charge on any atom is -0.325 e. The number of nitrogens with zero attached hydrogens (tertiary/aromatic N) is 1. The van der Waals surface area contributed by atoms with Crippen molar-refractivity contribution in [2.75, 3.05) is 11.9 Å². The Balaban J connectivity index is 1.54. The average Bonchev–Trinajstić information content (AvgIpc) is 2.90. The predicted octanol–water partition coefficient (Wildman–Crippen LogP) is 3.48. The van der Waals surface area contributed by atoms with E-state index in [2.05, 4.69) is 26.6 Å². The van der Waals surface area contributed by atoms with Crippen molar-refractivity contribution < 1.29 is 14.4 Å². The Labute approximate surface area is 171 Å². The third-order valence-electron chi connectivity index (χ3n) is 5.39. The van der Waals surface area contributed by atoms with E-state index in [0.29, 0.717) is 12.1 Å². The lowest BCUT2D eigenvalue weighted by atomic mass is 9.76. The van der Waals surface area contributed by atoms with E-state index in [9.17, 15) is 14.4 Å². The number of halogens is 1. The highest BCUT2D eigenvalue weighted by atomic mass is 79.9. The van der Waals surface area contributed by atoms with Gasteiger partial charge in [0.25, 0.3) is 5.91 Å². The molecule has 1 aliphatic carbocycles. The number of nitrogens with one attached hydrogen (secondary N) is 2. The maximum Gasteiger partial charge on any atom is 0.325 e. The van der Waals surface area contributed by atoms with Crippen LogP contribution in [0.1, 0.15) is 29.5 Å². The molecule has 6 nitrogen and oxygen atoms in total. The van der Waals surface area contributed by atoms with E-state index in [-0.39, 0.29) is 12.5 Å². The lowest BCUT2D eigenvalue weighted by Crippen LogP contribution is -2.47. The number of hydrogen-bond acceptors (Lipinski definition) is 3. The summed E-state index contributed by atoms with van der Waals surface area (Å²) in [5.41, 5.74) is 2.45. The van der Waals surface area contributed by atoms with Crippen LogP contribution in [0.4, 0.5) is 10.5 Å². The van der Waals surface area contributed by atoms with E-state index in [1.54, 1.807) is 6.07 Å². The van der Waals surface area contributed by atoms with E-state index in [0.717, 1.165) is 38.9 Å². The molecule has 28 heavy (non-hydrogen) atoms. The molecular weight excluding hydrogens is 422 g/mol. The summed E-state index contributed by atoms with van der Waals surface area (Å²) in [5, 5.41) is 5.62. The molecule has 2 aromatic rings. The molecule has 0 bridgehead atoms. The van der Waals surface area contributed by atoms with Crippen LogP contribution in [0.5, 0.6) is 0 Å². The van der Waals surface area contributed by atoms with Crippen LogP contribution in [-0.2, 0) is 21.5 Å². The molecule has 1 aliphatic heterocycles. The molecule has 1 atom stereocenters. The summed E-state index contributed by atoms with van der Waals surface area (Å²) in [6, 6.07) is 12.6. The van der Waals surface area contributed by atoms with Gasteiger partial charge in [-0.05, 0) is 61.1 Å². The summed E-state index contributed by atoms with van der Waals surface area (Å²) >= 11 is 3.42. The Morgan fingerprint density at radius 1 is 1.25 bits per heavy atom. The van der Waals surface area contributed by atoms with Crippen LogP contribution in [-0.4, -0.2) is 29.3 Å². The first-order valence-corrected chi connectivity index (χ1v) is 9.98. The second kappa shape index (κ2) is 7.05. The summed E-state index contributed by atoms with van der Waals surface area (Å²) in [4.78, 5) is 39.3. The highest BCUT2D eigenvalue weighted by Crippen LogP contribution is 2.39. The highest BCUT2D eigenvalue weighted by molar-refractivity contribution is 9.10. The molecule has 0 saturated carbocycles. The fraction of sp³-hybridized carbons (Fsp3) is 0.286. The molecule has 1 saturated heterocycles. The fourth-order valence-corrected chi connectivity index (χ4v) is 4.27. The number of anilines is 1. The van der Waals surface area contributed by atoms with Gasteiger partial charge in [-0.2, -0.15) is 0 Å². The van der Waals surface area contributed by atoms with Crippen molar-refractivity contribution in [1.29, 1.82) is 0 Å². The van der Waals surface area contributed by atoms with Crippen molar-refractivity contribution >= 4 is 39.5 Å². The van der Waals surface area contributed by atoms with Gasteiger partial charge in [-0.3, -0.25) is 14.5 Å². The molecule has 7 heteroatoms. The monoisotopic (exact) mass is 441 g/mol.